The fourth-order valence-corrected chi connectivity index (χ4v) is 5.43. The zero-order chi connectivity index (χ0) is 18.1. The van der Waals surface area contributed by atoms with E-state index in [9.17, 15) is 0 Å². The average Bonchev–Trinajstić information content (AvgIpc) is 3.45. The summed E-state index contributed by atoms with van der Waals surface area (Å²) < 4.78 is 7.86. The van der Waals surface area contributed by atoms with Crippen LogP contribution in [0.1, 0.15) is 47.8 Å². The lowest BCUT2D eigenvalue weighted by Crippen LogP contribution is -2.22. The standard InChI is InChI=1S/C21H24N4OS/c1-2-10-18-16(7-1)8-5-11-19(18)27-21-23-22-20(24-12-3-4-13-24)25(21)15-17-9-6-14-26-17/h1-2,6-7,9-10,14,19H,3-5,8,11-13,15H2. The van der Waals surface area contributed by atoms with Crippen molar-refractivity contribution in [2.75, 3.05) is 18.0 Å². The van der Waals surface area contributed by atoms with Crippen molar-refractivity contribution < 1.29 is 4.42 Å². The topological polar surface area (TPSA) is 47.1 Å². The van der Waals surface area contributed by atoms with E-state index in [-0.39, 0.29) is 0 Å². The van der Waals surface area contributed by atoms with Gasteiger partial charge in [-0.05, 0) is 55.4 Å². The van der Waals surface area contributed by atoms with Crippen LogP contribution < -0.4 is 4.90 Å². The molecule has 0 saturated carbocycles. The molecule has 0 bridgehead atoms. The Labute approximate surface area is 163 Å². The van der Waals surface area contributed by atoms with Gasteiger partial charge in [0.25, 0.3) is 0 Å². The van der Waals surface area contributed by atoms with E-state index in [1.807, 2.05) is 23.9 Å². The Morgan fingerprint density at radius 2 is 1.93 bits per heavy atom. The van der Waals surface area contributed by atoms with Crippen molar-refractivity contribution in [2.24, 2.45) is 0 Å². The van der Waals surface area contributed by atoms with Crippen molar-refractivity contribution in [3.8, 4) is 0 Å². The first-order valence-electron chi connectivity index (χ1n) is 9.83. The molecule has 0 amide bonds. The second-order valence-electron chi connectivity index (χ2n) is 7.34. The summed E-state index contributed by atoms with van der Waals surface area (Å²) in [6, 6.07) is 12.8. The van der Waals surface area contributed by atoms with E-state index >= 15 is 0 Å². The zero-order valence-corrected chi connectivity index (χ0v) is 16.2. The Kier molecular flexibility index (Phi) is 4.66. The van der Waals surface area contributed by atoms with Crippen LogP contribution in [-0.2, 0) is 13.0 Å². The molecule has 0 N–H and O–H groups in total. The Hall–Kier alpha value is -2.21. The molecule has 1 saturated heterocycles. The van der Waals surface area contributed by atoms with E-state index in [0.717, 1.165) is 30.0 Å². The number of anilines is 1. The number of hydrogen-bond donors (Lipinski definition) is 0. The Balaban J connectivity index is 1.47. The predicted molar refractivity (Wildman–Crippen MR) is 107 cm³/mol. The van der Waals surface area contributed by atoms with E-state index in [2.05, 4.69) is 43.9 Å². The number of thioether (sulfide) groups is 1. The molecule has 0 radical (unpaired) electrons. The van der Waals surface area contributed by atoms with Crippen molar-refractivity contribution in [2.45, 2.75) is 49.1 Å². The summed E-state index contributed by atoms with van der Waals surface area (Å²) in [7, 11) is 0. The first-order valence-corrected chi connectivity index (χ1v) is 10.7. The third kappa shape index (κ3) is 3.38. The Morgan fingerprint density at radius 3 is 2.78 bits per heavy atom. The molecule has 0 spiro atoms. The first-order chi connectivity index (χ1) is 13.4. The lowest BCUT2D eigenvalue weighted by Gasteiger charge is -2.25. The van der Waals surface area contributed by atoms with Gasteiger partial charge in [0.2, 0.25) is 5.95 Å². The van der Waals surface area contributed by atoms with E-state index in [4.69, 9.17) is 4.42 Å². The highest BCUT2D eigenvalue weighted by Gasteiger charge is 2.26. The molecule has 2 aliphatic rings. The highest BCUT2D eigenvalue weighted by atomic mass is 32.2. The minimum absolute atomic E-state index is 0.445. The maximum atomic E-state index is 5.62. The van der Waals surface area contributed by atoms with Crippen LogP contribution in [0.25, 0.3) is 0 Å². The lowest BCUT2D eigenvalue weighted by atomic mass is 9.91. The number of hydrogen-bond acceptors (Lipinski definition) is 5. The van der Waals surface area contributed by atoms with Gasteiger partial charge in [-0.25, -0.2) is 0 Å². The molecule has 140 valence electrons. The van der Waals surface area contributed by atoms with Crippen molar-refractivity contribution in [1.29, 1.82) is 0 Å². The van der Waals surface area contributed by atoms with E-state index in [1.165, 1.54) is 43.2 Å². The maximum absolute atomic E-state index is 5.62. The van der Waals surface area contributed by atoms with Crippen LogP contribution in [-0.4, -0.2) is 27.9 Å². The smallest absolute Gasteiger partial charge is 0.228 e. The van der Waals surface area contributed by atoms with Crippen molar-refractivity contribution in [3.63, 3.8) is 0 Å². The zero-order valence-electron chi connectivity index (χ0n) is 15.4. The number of rotatable bonds is 5. The molecule has 1 unspecified atom stereocenters. The van der Waals surface area contributed by atoms with Crippen LogP contribution in [0.2, 0.25) is 0 Å². The number of aryl methyl sites for hydroxylation is 1. The first kappa shape index (κ1) is 16.9. The van der Waals surface area contributed by atoms with Gasteiger partial charge in [0.15, 0.2) is 5.16 Å². The van der Waals surface area contributed by atoms with Gasteiger partial charge in [-0.1, -0.05) is 36.0 Å². The molecular formula is C21H24N4OS. The highest BCUT2D eigenvalue weighted by Crippen LogP contribution is 2.43. The number of furan rings is 1. The maximum Gasteiger partial charge on any atom is 0.228 e. The lowest BCUT2D eigenvalue weighted by molar-refractivity contribution is 0.483. The van der Waals surface area contributed by atoms with Gasteiger partial charge in [-0.3, -0.25) is 4.57 Å². The minimum Gasteiger partial charge on any atom is -0.467 e. The number of aromatic nitrogens is 3. The molecule has 1 aromatic carbocycles. The largest absolute Gasteiger partial charge is 0.467 e. The summed E-state index contributed by atoms with van der Waals surface area (Å²) in [5.41, 5.74) is 2.95. The second kappa shape index (κ2) is 7.43. The summed E-state index contributed by atoms with van der Waals surface area (Å²) in [5, 5.41) is 10.6. The summed E-state index contributed by atoms with van der Waals surface area (Å²) in [6.45, 7) is 2.81. The average molecular weight is 381 g/mol. The summed E-state index contributed by atoms with van der Waals surface area (Å²) in [6.07, 6.45) is 7.80. The van der Waals surface area contributed by atoms with E-state index < -0.39 is 0 Å². The Morgan fingerprint density at radius 1 is 1.04 bits per heavy atom. The second-order valence-corrected chi connectivity index (χ2v) is 8.51. The molecule has 1 atom stereocenters. The highest BCUT2D eigenvalue weighted by molar-refractivity contribution is 7.99. The van der Waals surface area contributed by atoms with Gasteiger partial charge >= 0.3 is 0 Å². The van der Waals surface area contributed by atoms with Crippen LogP contribution >= 0.6 is 11.8 Å². The molecule has 1 fully saturated rings. The molecule has 6 heteroatoms. The van der Waals surface area contributed by atoms with Gasteiger partial charge in [-0.15, -0.1) is 10.2 Å². The van der Waals surface area contributed by atoms with Crippen molar-refractivity contribution in [1.82, 2.24) is 14.8 Å². The van der Waals surface area contributed by atoms with Crippen LogP contribution in [0.3, 0.4) is 0 Å². The fraction of sp³-hybridized carbons (Fsp3) is 0.429. The van der Waals surface area contributed by atoms with Gasteiger partial charge < -0.3 is 9.32 Å². The Bertz CT molecular complexity index is 899. The van der Waals surface area contributed by atoms with E-state index in [1.54, 1.807) is 6.26 Å². The predicted octanol–water partition coefficient (Wildman–Crippen LogP) is 4.69. The molecule has 3 aromatic rings. The quantitative estimate of drug-likeness (QED) is 0.643. The van der Waals surface area contributed by atoms with Gasteiger partial charge in [0, 0.05) is 18.3 Å². The summed E-state index contributed by atoms with van der Waals surface area (Å²) in [4.78, 5) is 2.36. The minimum atomic E-state index is 0.445. The van der Waals surface area contributed by atoms with Gasteiger partial charge in [-0.2, -0.15) is 0 Å². The molecule has 1 aliphatic carbocycles. The number of fused-ring (bicyclic) bond motifs is 1. The van der Waals surface area contributed by atoms with Crippen LogP contribution in [0.15, 0.2) is 52.2 Å². The fourth-order valence-electron chi connectivity index (χ4n) is 4.18. The van der Waals surface area contributed by atoms with Crippen LogP contribution in [0.5, 0.6) is 0 Å². The summed E-state index contributed by atoms with van der Waals surface area (Å²) >= 11 is 1.86. The SMILES string of the molecule is c1coc(Cn2c(SC3CCCc4ccccc43)nnc2N2CCCC2)c1. The molecule has 27 heavy (non-hydrogen) atoms. The molecular weight excluding hydrogens is 356 g/mol. The number of nitrogens with zero attached hydrogens (tertiary/aromatic N) is 4. The molecule has 1 aliphatic heterocycles. The van der Waals surface area contributed by atoms with Crippen LogP contribution in [0.4, 0.5) is 5.95 Å². The third-order valence-electron chi connectivity index (χ3n) is 5.54. The van der Waals surface area contributed by atoms with Gasteiger partial charge in [0.05, 0.1) is 12.8 Å². The van der Waals surface area contributed by atoms with Crippen LogP contribution in [0, 0.1) is 0 Å². The third-order valence-corrected chi connectivity index (χ3v) is 6.83. The molecule has 5 nitrogen and oxygen atoms in total. The molecule has 3 heterocycles. The van der Waals surface area contributed by atoms with E-state index in [0.29, 0.717) is 11.8 Å². The monoisotopic (exact) mass is 380 g/mol. The van der Waals surface area contributed by atoms with Crippen molar-refractivity contribution in [3.05, 3.63) is 59.5 Å². The number of benzene rings is 1. The normalized spacial score (nSPS) is 19.4. The van der Waals surface area contributed by atoms with Gasteiger partial charge in [0.1, 0.15) is 5.76 Å². The molecule has 2 aromatic heterocycles. The van der Waals surface area contributed by atoms with Crippen molar-refractivity contribution >= 4 is 17.7 Å². The molecule has 5 rings (SSSR count). The summed E-state index contributed by atoms with van der Waals surface area (Å²) in [5.74, 6) is 1.93.